The number of sulfone groups is 1. The number of nitrogens with one attached hydrogen (secondary N) is 1. The van der Waals surface area contributed by atoms with E-state index in [2.05, 4.69) is 5.32 Å². The zero-order valence-corrected chi connectivity index (χ0v) is 8.89. The summed E-state index contributed by atoms with van der Waals surface area (Å²) in [6.45, 7) is 0.956. The van der Waals surface area contributed by atoms with Gasteiger partial charge in [0, 0.05) is 18.5 Å². The van der Waals surface area contributed by atoms with Crippen LogP contribution in [0.1, 0.15) is 11.1 Å². The molecule has 1 heterocycles. The Labute approximate surface area is 84.1 Å². The fraction of sp³-hybridized carbons (Fsp3) is 0.400. The molecule has 4 heteroatoms. The Hall–Kier alpha value is -1.03. The van der Waals surface area contributed by atoms with Crippen molar-refractivity contribution in [2.45, 2.75) is 12.2 Å². The molecule has 0 saturated heterocycles. The smallest absolute Gasteiger partial charge is 0.151 e. The van der Waals surface area contributed by atoms with Gasteiger partial charge >= 0.3 is 0 Å². The lowest BCUT2D eigenvalue weighted by molar-refractivity contribution is 0.601. The predicted molar refractivity (Wildman–Crippen MR) is 57.2 cm³/mol. The minimum absolute atomic E-state index is 0.127. The molecule has 0 amide bonds. The third kappa shape index (κ3) is 2.07. The average Bonchev–Trinajstić information content (AvgIpc) is 2.47. The number of hydrogen-bond donors (Lipinski definition) is 1. The standard InChI is InChI=1S/C10H13NO2S/c1-14(12,13)7-8-2-3-9-4-5-11-10(9)6-8/h2-3,6,11H,4-5,7H2,1H3. The van der Waals surface area contributed by atoms with Gasteiger partial charge in [0.15, 0.2) is 9.84 Å². The summed E-state index contributed by atoms with van der Waals surface area (Å²) >= 11 is 0. The Balaban J connectivity index is 2.29. The first-order valence-electron chi connectivity index (χ1n) is 4.58. The summed E-state index contributed by atoms with van der Waals surface area (Å²) in [5, 5.41) is 3.23. The lowest BCUT2D eigenvalue weighted by atomic mass is 10.1. The van der Waals surface area contributed by atoms with Crippen LogP contribution in [0.25, 0.3) is 0 Å². The van der Waals surface area contributed by atoms with Gasteiger partial charge in [0.2, 0.25) is 0 Å². The number of fused-ring (bicyclic) bond motifs is 1. The normalized spacial score (nSPS) is 14.9. The predicted octanol–water partition coefficient (Wildman–Crippen LogP) is 1.20. The topological polar surface area (TPSA) is 46.2 Å². The van der Waals surface area contributed by atoms with Gasteiger partial charge in [0.25, 0.3) is 0 Å². The van der Waals surface area contributed by atoms with Crippen molar-refractivity contribution >= 4 is 15.5 Å². The van der Waals surface area contributed by atoms with E-state index in [1.807, 2.05) is 18.2 Å². The third-order valence-corrected chi connectivity index (χ3v) is 3.17. The molecular weight excluding hydrogens is 198 g/mol. The van der Waals surface area contributed by atoms with E-state index in [1.54, 1.807) is 0 Å². The molecule has 1 aromatic carbocycles. The number of rotatable bonds is 2. The highest BCUT2D eigenvalue weighted by atomic mass is 32.2. The van der Waals surface area contributed by atoms with Gasteiger partial charge in [-0.15, -0.1) is 0 Å². The second kappa shape index (κ2) is 3.28. The van der Waals surface area contributed by atoms with Crippen LogP contribution in [0.3, 0.4) is 0 Å². The minimum atomic E-state index is -2.92. The van der Waals surface area contributed by atoms with Crippen LogP contribution in [0.2, 0.25) is 0 Å². The Kier molecular flexibility index (Phi) is 2.23. The van der Waals surface area contributed by atoms with E-state index in [-0.39, 0.29) is 5.75 Å². The summed E-state index contributed by atoms with van der Waals surface area (Å²) in [6, 6.07) is 5.84. The van der Waals surface area contributed by atoms with E-state index in [4.69, 9.17) is 0 Å². The van der Waals surface area contributed by atoms with Crippen LogP contribution >= 0.6 is 0 Å². The largest absolute Gasteiger partial charge is 0.384 e. The Bertz CT molecular complexity index is 451. The van der Waals surface area contributed by atoms with Crippen molar-refractivity contribution in [3.8, 4) is 0 Å². The van der Waals surface area contributed by atoms with Gasteiger partial charge in [-0.25, -0.2) is 8.42 Å². The van der Waals surface area contributed by atoms with Gasteiger partial charge in [-0.05, 0) is 23.6 Å². The molecule has 76 valence electrons. The summed E-state index contributed by atoms with van der Waals surface area (Å²) in [5.74, 6) is 0.127. The zero-order chi connectivity index (χ0) is 10.2. The van der Waals surface area contributed by atoms with Crippen LogP contribution in [-0.2, 0) is 22.0 Å². The molecule has 0 unspecified atom stereocenters. The third-order valence-electron chi connectivity index (χ3n) is 2.31. The SMILES string of the molecule is CS(=O)(=O)Cc1ccc2c(c1)NCC2. The zero-order valence-electron chi connectivity index (χ0n) is 8.08. The van der Waals surface area contributed by atoms with Crippen molar-refractivity contribution in [3.63, 3.8) is 0 Å². The average molecular weight is 211 g/mol. The summed E-state index contributed by atoms with van der Waals surface area (Å²) in [5.41, 5.74) is 3.23. The molecule has 1 aliphatic rings. The molecule has 0 atom stereocenters. The highest BCUT2D eigenvalue weighted by Crippen LogP contribution is 2.23. The Morgan fingerprint density at radius 2 is 2.21 bits per heavy atom. The highest BCUT2D eigenvalue weighted by Gasteiger charge is 2.11. The van der Waals surface area contributed by atoms with Crippen LogP contribution in [0, 0.1) is 0 Å². The summed E-state index contributed by atoms with van der Waals surface area (Å²) in [4.78, 5) is 0. The van der Waals surface area contributed by atoms with E-state index in [0.29, 0.717) is 0 Å². The molecular formula is C10H13NO2S. The molecule has 1 N–H and O–H groups in total. The van der Waals surface area contributed by atoms with Gasteiger partial charge in [0.1, 0.15) is 0 Å². The monoisotopic (exact) mass is 211 g/mol. The minimum Gasteiger partial charge on any atom is -0.384 e. The van der Waals surface area contributed by atoms with Crippen LogP contribution in [0.15, 0.2) is 18.2 Å². The molecule has 1 aliphatic heterocycles. The van der Waals surface area contributed by atoms with Crippen molar-refractivity contribution in [2.24, 2.45) is 0 Å². The molecule has 2 rings (SSSR count). The number of anilines is 1. The van der Waals surface area contributed by atoms with E-state index in [1.165, 1.54) is 11.8 Å². The summed E-state index contributed by atoms with van der Waals surface area (Å²) < 4.78 is 22.2. The van der Waals surface area contributed by atoms with Crippen molar-refractivity contribution < 1.29 is 8.42 Å². The van der Waals surface area contributed by atoms with Crippen LogP contribution in [-0.4, -0.2) is 21.2 Å². The first-order valence-corrected chi connectivity index (χ1v) is 6.64. The molecule has 0 bridgehead atoms. The number of benzene rings is 1. The van der Waals surface area contributed by atoms with E-state index < -0.39 is 9.84 Å². The summed E-state index contributed by atoms with van der Waals surface area (Å²) in [6.07, 6.45) is 2.29. The molecule has 0 aromatic heterocycles. The van der Waals surface area contributed by atoms with Gasteiger partial charge in [-0.3, -0.25) is 0 Å². The highest BCUT2D eigenvalue weighted by molar-refractivity contribution is 7.89. The molecule has 0 aliphatic carbocycles. The van der Waals surface area contributed by atoms with Crippen molar-refractivity contribution in [1.29, 1.82) is 0 Å². The summed E-state index contributed by atoms with van der Waals surface area (Å²) in [7, 11) is -2.92. The maximum absolute atomic E-state index is 11.1. The van der Waals surface area contributed by atoms with Crippen LogP contribution in [0.4, 0.5) is 5.69 Å². The van der Waals surface area contributed by atoms with Crippen LogP contribution < -0.4 is 5.32 Å². The number of hydrogen-bond acceptors (Lipinski definition) is 3. The maximum Gasteiger partial charge on any atom is 0.151 e. The van der Waals surface area contributed by atoms with Crippen molar-refractivity contribution in [1.82, 2.24) is 0 Å². The van der Waals surface area contributed by atoms with Crippen molar-refractivity contribution in [3.05, 3.63) is 29.3 Å². The molecule has 14 heavy (non-hydrogen) atoms. The molecule has 0 radical (unpaired) electrons. The van der Waals surface area contributed by atoms with E-state index >= 15 is 0 Å². The molecule has 0 fully saturated rings. The fourth-order valence-electron chi connectivity index (χ4n) is 1.73. The second-order valence-electron chi connectivity index (χ2n) is 3.74. The first kappa shape index (κ1) is 9.52. The van der Waals surface area contributed by atoms with Crippen LogP contribution in [0.5, 0.6) is 0 Å². The first-order chi connectivity index (χ1) is 6.54. The Morgan fingerprint density at radius 1 is 1.43 bits per heavy atom. The van der Waals surface area contributed by atoms with Crippen molar-refractivity contribution in [2.75, 3.05) is 18.1 Å². The lowest BCUT2D eigenvalue weighted by Gasteiger charge is -2.03. The lowest BCUT2D eigenvalue weighted by Crippen LogP contribution is -2.01. The van der Waals surface area contributed by atoms with Gasteiger partial charge in [0.05, 0.1) is 5.75 Å². The Morgan fingerprint density at radius 3 is 2.93 bits per heavy atom. The fourth-order valence-corrected chi connectivity index (χ4v) is 2.52. The van der Waals surface area contributed by atoms with E-state index in [9.17, 15) is 8.42 Å². The van der Waals surface area contributed by atoms with Gasteiger partial charge in [-0.2, -0.15) is 0 Å². The van der Waals surface area contributed by atoms with Gasteiger partial charge < -0.3 is 5.32 Å². The van der Waals surface area contributed by atoms with E-state index in [0.717, 1.165) is 24.2 Å². The second-order valence-corrected chi connectivity index (χ2v) is 5.88. The molecule has 3 nitrogen and oxygen atoms in total. The quantitative estimate of drug-likeness (QED) is 0.799. The molecule has 0 saturated carbocycles. The molecule has 1 aromatic rings. The van der Waals surface area contributed by atoms with Gasteiger partial charge in [-0.1, -0.05) is 12.1 Å². The maximum atomic E-state index is 11.1. The molecule has 0 spiro atoms.